The molecule has 2 aromatic rings. The zero-order valence-electron chi connectivity index (χ0n) is 34.0. The highest BCUT2D eigenvalue weighted by Crippen LogP contribution is 2.45. The highest BCUT2D eigenvalue weighted by Gasteiger charge is 2.52. The van der Waals surface area contributed by atoms with Crippen molar-refractivity contribution in [1.29, 1.82) is 0 Å². The van der Waals surface area contributed by atoms with Gasteiger partial charge >= 0.3 is 12.2 Å². The van der Waals surface area contributed by atoms with Crippen molar-refractivity contribution < 1.29 is 52.3 Å². The molecule has 0 aliphatic carbocycles. The molecule has 1 saturated heterocycles. The average molecular weight is 776 g/mol. The molecule has 1 aromatic carbocycles. The maximum atomic E-state index is 13.8. The minimum absolute atomic E-state index is 0.0225. The number of primary amides is 1. The fraction of sp³-hybridized carbons (Fsp3) is 0.667. The molecule has 0 radical (unpaired) electrons. The first-order valence-electron chi connectivity index (χ1n) is 18.6. The van der Waals surface area contributed by atoms with Crippen LogP contribution in [-0.2, 0) is 53.3 Å². The van der Waals surface area contributed by atoms with Crippen molar-refractivity contribution >= 4 is 24.1 Å². The second-order valence-corrected chi connectivity index (χ2v) is 15.6. The molecule has 308 valence electrons. The van der Waals surface area contributed by atoms with Crippen LogP contribution in [0.25, 0.3) is 0 Å². The summed E-state index contributed by atoms with van der Waals surface area (Å²) in [6.07, 6.45) is 2.33. The van der Waals surface area contributed by atoms with Gasteiger partial charge in [-0.15, -0.1) is 0 Å². The average Bonchev–Trinajstić information content (AvgIpc) is 3.76. The number of aryl methyl sites for hydroxylation is 1. The molecule has 16 heteroatoms. The summed E-state index contributed by atoms with van der Waals surface area (Å²) < 4.78 is 40.5. The first kappa shape index (κ1) is 44.8. The van der Waals surface area contributed by atoms with Crippen LogP contribution in [0.5, 0.6) is 11.5 Å². The van der Waals surface area contributed by atoms with Crippen molar-refractivity contribution in [2.45, 2.75) is 86.5 Å². The molecule has 1 aliphatic rings. The van der Waals surface area contributed by atoms with Gasteiger partial charge in [-0.3, -0.25) is 14.5 Å². The summed E-state index contributed by atoms with van der Waals surface area (Å²) in [5.41, 5.74) is 5.42. The fourth-order valence-electron chi connectivity index (χ4n) is 6.50. The summed E-state index contributed by atoms with van der Waals surface area (Å²) in [5, 5.41) is 2.91. The quantitative estimate of drug-likeness (QED) is 0.100. The maximum absolute atomic E-state index is 13.8. The summed E-state index contributed by atoms with van der Waals surface area (Å²) in [4.78, 5) is 57.3. The molecule has 4 atom stereocenters. The molecule has 1 aromatic heterocycles. The molecule has 16 nitrogen and oxygen atoms in total. The van der Waals surface area contributed by atoms with E-state index < -0.39 is 53.8 Å². The number of aromatic nitrogens is 2. The van der Waals surface area contributed by atoms with Crippen molar-refractivity contribution in [3.63, 3.8) is 0 Å². The maximum Gasteiger partial charge on any atom is 0.511 e. The molecule has 2 heterocycles. The lowest BCUT2D eigenvalue weighted by Gasteiger charge is -2.45. The molecular weight excluding hydrogens is 714 g/mol. The summed E-state index contributed by atoms with van der Waals surface area (Å²) in [5.74, 6) is -0.273. The predicted molar refractivity (Wildman–Crippen MR) is 202 cm³/mol. The number of carbonyl (C=O) groups excluding carboxylic acids is 4. The molecule has 0 saturated carbocycles. The molecule has 0 unspecified atom stereocenters. The van der Waals surface area contributed by atoms with E-state index in [1.54, 1.807) is 52.2 Å². The summed E-state index contributed by atoms with van der Waals surface area (Å²) in [6.45, 7) is 13.6. The van der Waals surface area contributed by atoms with E-state index >= 15 is 0 Å². The highest BCUT2D eigenvalue weighted by atomic mass is 16.8. The van der Waals surface area contributed by atoms with Crippen molar-refractivity contribution in [2.24, 2.45) is 41.4 Å². The minimum atomic E-state index is -1.03. The van der Waals surface area contributed by atoms with Gasteiger partial charge in [-0.05, 0) is 61.6 Å². The Morgan fingerprint density at radius 2 is 1.76 bits per heavy atom. The zero-order chi connectivity index (χ0) is 40.9. The minimum Gasteiger partial charge on any atom is -0.493 e. The van der Waals surface area contributed by atoms with Gasteiger partial charge in [0.15, 0.2) is 11.5 Å². The molecule has 0 bridgehead atoms. The Morgan fingerprint density at radius 1 is 1.04 bits per heavy atom. The Hall–Kier alpha value is -4.57. The topological polar surface area (TPSA) is 192 Å². The van der Waals surface area contributed by atoms with Crippen LogP contribution < -0.4 is 20.5 Å². The number of nitrogens with one attached hydrogen (secondary N) is 1. The van der Waals surface area contributed by atoms with E-state index in [9.17, 15) is 19.2 Å². The van der Waals surface area contributed by atoms with Crippen molar-refractivity contribution in [1.82, 2.24) is 19.8 Å². The van der Waals surface area contributed by atoms with Gasteiger partial charge in [-0.25, -0.2) is 14.6 Å². The van der Waals surface area contributed by atoms with Crippen LogP contribution in [0.4, 0.5) is 9.59 Å². The number of carbonyl (C=O) groups is 4. The summed E-state index contributed by atoms with van der Waals surface area (Å²) in [7, 11) is 5.01. The summed E-state index contributed by atoms with van der Waals surface area (Å²) >= 11 is 0. The van der Waals surface area contributed by atoms with Crippen LogP contribution in [0.3, 0.4) is 0 Å². The SMILES string of the molecule is COCCCOc1cc(C[C@@](C)(C(C)C)[C@H]2[C@H](C[C@H](C(=O)NCC(C)(C)C(N)=O)C(C)C)OCN2C(=O)OCOC(=O)OCc2cn(C)cn2)ccc1OC. The molecule has 3 N–H and O–H groups in total. The number of hydrogen-bond acceptors (Lipinski definition) is 12. The van der Waals surface area contributed by atoms with E-state index in [0.29, 0.717) is 43.2 Å². The normalized spacial score (nSPS) is 17.4. The smallest absolute Gasteiger partial charge is 0.493 e. The number of hydrogen-bond donors (Lipinski definition) is 2. The number of imidazole rings is 1. The molecule has 3 amide bonds. The molecule has 1 aliphatic heterocycles. The van der Waals surface area contributed by atoms with Gasteiger partial charge in [0, 0.05) is 45.8 Å². The Morgan fingerprint density at radius 3 is 2.36 bits per heavy atom. The molecule has 0 spiro atoms. The summed E-state index contributed by atoms with van der Waals surface area (Å²) in [6, 6.07) is 5.16. The van der Waals surface area contributed by atoms with E-state index in [0.717, 1.165) is 5.56 Å². The first-order chi connectivity index (χ1) is 25.9. The number of nitrogens with zero attached hydrogens (tertiary/aromatic N) is 3. The molecule has 3 rings (SSSR count). The van der Waals surface area contributed by atoms with Crippen LogP contribution in [0.15, 0.2) is 30.7 Å². The van der Waals surface area contributed by atoms with E-state index in [1.165, 1.54) is 4.90 Å². The molecule has 55 heavy (non-hydrogen) atoms. The lowest BCUT2D eigenvalue weighted by Crippen LogP contribution is -2.54. The molecular formula is C39H61N5O11. The number of methoxy groups -OCH3 is 2. The van der Waals surface area contributed by atoms with Gasteiger partial charge in [0.25, 0.3) is 0 Å². The van der Waals surface area contributed by atoms with Gasteiger partial charge in [0.05, 0.1) is 43.3 Å². The molecule has 1 fully saturated rings. The first-order valence-corrected chi connectivity index (χ1v) is 18.6. The van der Waals surface area contributed by atoms with Crippen LogP contribution in [-0.4, -0.2) is 98.2 Å². The lowest BCUT2D eigenvalue weighted by atomic mass is 9.66. The Balaban J connectivity index is 1.90. The Kier molecular flexibility index (Phi) is 16.6. The van der Waals surface area contributed by atoms with Crippen molar-refractivity contribution in [3.05, 3.63) is 42.0 Å². The monoisotopic (exact) mass is 775 g/mol. The van der Waals surface area contributed by atoms with Gasteiger partial charge in [0.2, 0.25) is 18.6 Å². The lowest BCUT2D eigenvalue weighted by molar-refractivity contribution is -0.130. The fourth-order valence-corrected chi connectivity index (χ4v) is 6.50. The standard InChI is InChI=1S/C39H61N5O11/c1-25(2)29(34(45)41-21-38(5,6)35(40)46)17-32-33(44(23-53-32)36(47)54-24-55-37(48)52-20-28-19-43(8)22-42-28)39(7,26(3)4)18-27-12-13-30(50-10)31(16-27)51-15-11-14-49-9/h12-13,16,19,22,25-26,29,32-33H,11,14-15,17-18,20-21,23-24H2,1-10H3,(H2,40,46)(H,41,45)/t29-,32-,33+,39-/m0/s1. The second-order valence-electron chi connectivity index (χ2n) is 15.6. The number of rotatable bonds is 21. The van der Waals surface area contributed by atoms with E-state index in [-0.39, 0.29) is 44.0 Å². The van der Waals surface area contributed by atoms with Gasteiger partial charge in [-0.1, -0.05) is 40.7 Å². The van der Waals surface area contributed by atoms with Crippen LogP contribution in [0.1, 0.15) is 72.6 Å². The van der Waals surface area contributed by atoms with Crippen molar-refractivity contribution in [3.8, 4) is 11.5 Å². The van der Waals surface area contributed by atoms with Gasteiger partial charge < -0.3 is 48.8 Å². The van der Waals surface area contributed by atoms with E-state index in [2.05, 4.69) is 31.1 Å². The number of ether oxygens (including phenoxy) is 7. The van der Waals surface area contributed by atoms with Crippen LogP contribution in [0, 0.1) is 28.6 Å². The highest BCUT2D eigenvalue weighted by molar-refractivity contribution is 5.83. The predicted octanol–water partition coefficient (Wildman–Crippen LogP) is 4.81. The van der Waals surface area contributed by atoms with E-state index in [4.69, 9.17) is 38.9 Å². The number of amides is 3. The Labute approximate surface area is 324 Å². The zero-order valence-corrected chi connectivity index (χ0v) is 34.0. The third-order valence-corrected chi connectivity index (χ3v) is 10.4. The third-order valence-electron chi connectivity index (χ3n) is 10.4. The van der Waals surface area contributed by atoms with Crippen molar-refractivity contribution in [2.75, 3.05) is 47.5 Å². The van der Waals surface area contributed by atoms with Crippen LogP contribution >= 0.6 is 0 Å². The largest absolute Gasteiger partial charge is 0.511 e. The Bertz CT molecular complexity index is 1580. The second kappa shape index (κ2) is 20.4. The van der Waals surface area contributed by atoms with Gasteiger partial charge in [-0.2, -0.15) is 0 Å². The van der Waals surface area contributed by atoms with Gasteiger partial charge in [0.1, 0.15) is 13.3 Å². The van der Waals surface area contributed by atoms with E-state index in [1.807, 2.05) is 32.0 Å². The number of nitrogens with two attached hydrogens (primary N) is 1. The third kappa shape index (κ3) is 12.5. The number of benzene rings is 1. The van der Waals surface area contributed by atoms with Crippen LogP contribution in [0.2, 0.25) is 0 Å².